The van der Waals surface area contributed by atoms with E-state index >= 15 is 0 Å². The van der Waals surface area contributed by atoms with Gasteiger partial charge in [0, 0.05) is 25.3 Å². The zero-order valence-corrected chi connectivity index (χ0v) is 12.6. The molecule has 21 heavy (non-hydrogen) atoms. The number of carbonyl (C=O) groups is 1. The summed E-state index contributed by atoms with van der Waals surface area (Å²) in [5.74, 6) is 4.57. The molecule has 1 aromatic rings. The van der Waals surface area contributed by atoms with Gasteiger partial charge in [-0.3, -0.25) is 4.79 Å². The second-order valence-electron chi connectivity index (χ2n) is 4.79. The van der Waals surface area contributed by atoms with Crippen molar-refractivity contribution < 1.29 is 13.9 Å². The van der Waals surface area contributed by atoms with Crippen LogP contribution in [0.15, 0.2) is 18.2 Å². The highest BCUT2D eigenvalue weighted by Gasteiger charge is 2.21. The molecular formula is C16H21FN2O2. The van der Waals surface area contributed by atoms with Crippen LogP contribution >= 0.6 is 0 Å². The molecule has 0 saturated heterocycles. The average Bonchev–Trinajstić information content (AvgIpc) is 2.46. The van der Waals surface area contributed by atoms with E-state index in [0.717, 1.165) is 0 Å². The predicted molar refractivity (Wildman–Crippen MR) is 80.4 cm³/mol. The van der Waals surface area contributed by atoms with Crippen LogP contribution in [0.2, 0.25) is 0 Å². The molecule has 0 aromatic heterocycles. The van der Waals surface area contributed by atoms with Gasteiger partial charge in [0.25, 0.3) is 5.91 Å². The van der Waals surface area contributed by atoms with E-state index < -0.39 is 5.82 Å². The molecule has 0 saturated carbocycles. The summed E-state index contributed by atoms with van der Waals surface area (Å²) in [6.07, 6.45) is 0. The molecule has 1 aromatic carbocycles. The molecule has 0 heterocycles. The lowest BCUT2D eigenvalue weighted by molar-refractivity contribution is 0.0630. The van der Waals surface area contributed by atoms with Gasteiger partial charge in [0.05, 0.1) is 18.7 Å². The summed E-state index contributed by atoms with van der Waals surface area (Å²) in [4.78, 5) is 14.1. The van der Waals surface area contributed by atoms with Gasteiger partial charge in [-0.15, -0.1) is 0 Å². The first kappa shape index (κ1) is 17.2. The zero-order chi connectivity index (χ0) is 15.8. The van der Waals surface area contributed by atoms with Crippen molar-refractivity contribution in [2.24, 2.45) is 5.73 Å². The lowest BCUT2D eigenvalue weighted by Crippen LogP contribution is -2.39. The van der Waals surface area contributed by atoms with Crippen molar-refractivity contribution in [1.29, 1.82) is 0 Å². The van der Waals surface area contributed by atoms with Crippen molar-refractivity contribution >= 4 is 5.91 Å². The number of nitrogens with zero attached hydrogens (tertiary/aromatic N) is 1. The Balaban J connectivity index is 3.08. The molecule has 0 unspecified atom stereocenters. The SMILES string of the molecule is COCCN(C(=O)c1cc(C#CCN)ccc1F)C(C)C. The summed E-state index contributed by atoms with van der Waals surface area (Å²) < 4.78 is 18.9. The van der Waals surface area contributed by atoms with E-state index in [2.05, 4.69) is 11.8 Å². The summed E-state index contributed by atoms with van der Waals surface area (Å²) in [5, 5.41) is 0. The Hall–Kier alpha value is -1.90. The quantitative estimate of drug-likeness (QED) is 0.839. The number of amides is 1. The Morgan fingerprint density at radius 1 is 1.48 bits per heavy atom. The number of ether oxygens (including phenoxy) is 1. The lowest BCUT2D eigenvalue weighted by Gasteiger charge is -2.26. The van der Waals surface area contributed by atoms with E-state index in [9.17, 15) is 9.18 Å². The molecule has 1 rings (SSSR count). The molecule has 5 heteroatoms. The number of hydrogen-bond donors (Lipinski definition) is 1. The maximum absolute atomic E-state index is 13.9. The van der Waals surface area contributed by atoms with Gasteiger partial charge >= 0.3 is 0 Å². The third-order valence-electron chi connectivity index (χ3n) is 2.95. The van der Waals surface area contributed by atoms with Crippen molar-refractivity contribution in [2.45, 2.75) is 19.9 Å². The molecule has 0 fully saturated rings. The minimum atomic E-state index is -0.554. The fourth-order valence-electron chi connectivity index (χ4n) is 1.86. The van der Waals surface area contributed by atoms with Crippen LogP contribution in [-0.2, 0) is 4.74 Å². The van der Waals surface area contributed by atoms with E-state index in [4.69, 9.17) is 10.5 Å². The first-order chi connectivity index (χ1) is 10.0. The molecule has 4 nitrogen and oxygen atoms in total. The van der Waals surface area contributed by atoms with Crippen LogP contribution in [0.3, 0.4) is 0 Å². The average molecular weight is 292 g/mol. The van der Waals surface area contributed by atoms with Crippen LogP contribution in [0, 0.1) is 17.7 Å². The van der Waals surface area contributed by atoms with Gasteiger partial charge in [-0.05, 0) is 32.0 Å². The maximum atomic E-state index is 13.9. The van der Waals surface area contributed by atoms with Crippen LogP contribution in [0.1, 0.15) is 29.8 Å². The number of methoxy groups -OCH3 is 1. The first-order valence-electron chi connectivity index (χ1n) is 6.79. The fraction of sp³-hybridized carbons (Fsp3) is 0.438. The predicted octanol–water partition coefficient (Wildman–Crippen LogP) is 1.63. The molecule has 0 radical (unpaired) electrons. The highest BCUT2D eigenvalue weighted by atomic mass is 19.1. The fourth-order valence-corrected chi connectivity index (χ4v) is 1.86. The number of nitrogens with two attached hydrogens (primary N) is 1. The molecule has 0 atom stereocenters. The van der Waals surface area contributed by atoms with Crippen molar-refractivity contribution in [3.05, 3.63) is 35.1 Å². The molecular weight excluding hydrogens is 271 g/mol. The van der Waals surface area contributed by atoms with E-state index in [1.54, 1.807) is 12.0 Å². The Kier molecular flexibility index (Phi) is 6.86. The Morgan fingerprint density at radius 2 is 2.19 bits per heavy atom. The Bertz CT molecular complexity index is 547. The van der Waals surface area contributed by atoms with E-state index in [-0.39, 0.29) is 24.1 Å². The molecule has 0 bridgehead atoms. The minimum absolute atomic E-state index is 0.0172. The van der Waals surface area contributed by atoms with E-state index in [1.807, 2.05) is 13.8 Å². The topological polar surface area (TPSA) is 55.6 Å². The highest BCUT2D eigenvalue weighted by Crippen LogP contribution is 2.14. The van der Waals surface area contributed by atoms with Gasteiger partial charge in [-0.2, -0.15) is 0 Å². The molecule has 0 aliphatic rings. The highest BCUT2D eigenvalue weighted by molar-refractivity contribution is 5.95. The summed E-state index contributed by atoms with van der Waals surface area (Å²) in [7, 11) is 1.56. The smallest absolute Gasteiger partial charge is 0.257 e. The molecule has 0 aliphatic heterocycles. The number of rotatable bonds is 5. The zero-order valence-electron chi connectivity index (χ0n) is 12.6. The molecule has 0 spiro atoms. The molecule has 1 amide bonds. The molecule has 0 aliphatic carbocycles. The van der Waals surface area contributed by atoms with Crippen LogP contribution in [0.5, 0.6) is 0 Å². The standard InChI is InChI=1S/C16H21FN2O2/c1-12(2)19(9-10-21-3)16(20)14-11-13(5-4-8-18)6-7-15(14)17/h6-7,11-12H,8-10,18H2,1-3H3. The molecule has 2 N–H and O–H groups in total. The summed E-state index contributed by atoms with van der Waals surface area (Å²) in [6, 6.07) is 4.19. The first-order valence-corrected chi connectivity index (χ1v) is 6.79. The third kappa shape index (κ3) is 4.85. The van der Waals surface area contributed by atoms with Crippen LogP contribution in [-0.4, -0.2) is 43.7 Å². The van der Waals surface area contributed by atoms with Gasteiger partial charge in [0.2, 0.25) is 0 Å². The van der Waals surface area contributed by atoms with Crippen molar-refractivity contribution in [2.75, 3.05) is 26.8 Å². The van der Waals surface area contributed by atoms with Crippen molar-refractivity contribution in [3.63, 3.8) is 0 Å². The molecule has 114 valence electrons. The maximum Gasteiger partial charge on any atom is 0.257 e. The number of halogens is 1. The van der Waals surface area contributed by atoms with Crippen LogP contribution in [0.4, 0.5) is 4.39 Å². The lowest BCUT2D eigenvalue weighted by atomic mass is 10.1. The van der Waals surface area contributed by atoms with E-state index in [0.29, 0.717) is 18.7 Å². The number of benzene rings is 1. The van der Waals surface area contributed by atoms with Gasteiger partial charge in [-0.1, -0.05) is 11.8 Å². The Labute approximate surface area is 125 Å². The summed E-state index contributed by atoms with van der Waals surface area (Å²) in [5.41, 5.74) is 5.90. The van der Waals surface area contributed by atoms with Gasteiger partial charge < -0.3 is 15.4 Å². The van der Waals surface area contributed by atoms with Crippen molar-refractivity contribution in [1.82, 2.24) is 4.90 Å². The van der Waals surface area contributed by atoms with E-state index in [1.165, 1.54) is 18.2 Å². The van der Waals surface area contributed by atoms with Crippen LogP contribution in [0.25, 0.3) is 0 Å². The van der Waals surface area contributed by atoms with Crippen molar-refractivity contribution in [3.8, 4) is 11.8 Å². The van der Waals surface area contributed by atoms with Gasteiger partial charge in [0.1, 0.15) is 5.82 Å². The summed E-state index contributed by atoms with van der Waals surface area (Å²) in [6.45, 7) is 4.78. The largest absolute Gasteiger partial charge is 0.383 e. The normalized spacial score (nSPS) is 10.2. The monoisotopic (exact) mass is 292 g/mol. The van der Waals surface area contributed by atoms with Crippen LogP contribution < -0.4 is 5.73 Å². The van der Waals surface area contributed by atoms with Gasteiger partial charge in [-0.25, -0.2) is 4.39 Å². The summed E-state index contributed by atoms with van der Waals surface area (Å²) >= 11 is 0. The Morgan fingerprint density at radius 3 is 2.76 bits per heavy atom. The number of hydrogen-bond acceptors (Lipinski definition) is 3. The second kappa shape index (κ2) is 8.40. The minimum Gasteiger partial charge on any atom is -0.383 e. The van der Waals surface area contributed by atoms with Gasteiger partial charge in [0.15, 0.2) is 0 Å². The second-order valence-corrected chi connectivity index (χ2v) is 4.79. The number of carbonyl (C=O) groups excluding carboxylic acids is 1. The third-order valence-corrected chi connectivity index (χ3v) is 2.95.